The molecule has 8 aromatic heterocycles. The maximum absolute atomic E-state index is 14.2. The second-order valence-corrected chi connectivity index (χ2v) is 31.8. The Morgan fingerprint density at radius 1 is 0.346 bits per heavy atom. The van der Waals surface area contributed by atoms with Crippen LogP contribution in [0.25, 0.3) is 61.4 Å². The molecule has 16 aromatic rings. The summed E-state index contributed by atoms with van der Waals surface area (Å²) in [6.45, 7) is 13.1. The number of methoxy groups -OCH3 is 1. The first-order valence-corrected chi connectivity index (χ1v) is 42.2. The standard InChI is InChI=1S/C21H16F3N5O.C21H18FN3O2.C20H15ClF3N3O.C20H18ClN3O.C19H17ClN4O2/c1-12-5-7-13(8-6-12)20(30)27-15-10-9-14(19(25)26-15)17-18(21(22,23)24)28-16-4-2-3-11-29(16)17;1-12-3-5-14(6-4-12)21(27)25-19-10-8-16(20(23)24-19)17-11-15(13(2)26)7-9-18(17)22;1-11-2-4-12(5-3-11)19(28)27-17-9-7-14(18(25)26-17)15-10-13(20(22,23)24)6-8-16(15)21;1-12-3-6-14(7-4-12)20(25)24-18-10-8-15(19(22)23-18)16-11-13(2)5-9-17(16)21;1-11-3-5-12(6-4-11)19(25)24-17-8-7-13(18(21)23-17)14-9-16(20)22-10-15(14)26-2/h2-11H,1H3,(H3,25,26,27,30);3-11H,1-2H3,(H3,23,24,25,27);2-10H,1H3,(H3,25,26,27,28);3-11H,1-2H3,(H3,22,23,24,25);3-10H,1-2H3,(H3,21,23,24,25). The average molecular weight is 1900 g/mol. The molecule has 0 bridgehead atoms. The molecular weight excluding hydrogens is 1820 g/mol. The number of nitrogens with zero attached hydrogens (tertiary/aromatic N) is 8. The third kappa shape index (κ3) is 25.2. The summed E-state index contributed by atoms with van der Waals surface area (Å²) in [5, 5.41) is 14.4. The molecular formula is C101H84Cl3F7N18O7. The van der Waals surface area contributed by atoms with E-state index in [0.717, 1.165) is 62.7 Å². The van der Waals surface area contributed by atoms with E-state index in [1.165, 1.54) is 85.4 Å². The molecule has 5 amide bonds. The number of hydrogen-bond acceptors (Lipinski definition) is 19. The van der Waals surface area contributed by atoms with Crippen molar-refractivity contribution in [2.45, 2.75) is 60.8 Å². The van der Waals surface area contributed by atoms with Crippen LogP contribution in [-0.2, 0) is 12.4 Å². The van der Waals surface area contributed by atoms with Crippen molar-refractivity contribution in [3.63, 3.8) is 0 Å². The quantitative estimate of drug-likeness (QED) is 0.0230. The van der Waals surface area contributed by atoms with E-state index in [-0.39, 0.29) is 109 Å². The van der Waals surface area contributed by atoms with E-state index in [2.05, 4.69) is 61.5 Å². The summed E-state index contributed by atoms with van der Waals surface area (Å²) in [5.41, 5.74) is 41.0. The molecule has 136 heavy (non-hydrogen) atoms. The number of halogens is 10. The minimum Gasteiger partial charge on any atom is -0.494 e. The number of nitrogens with one attached hydrogen (secondary N) is 5. The summed E-state index contributed by atoms with van der Waals surface area (Å²) < 4.78 is 100. The minimum absolute atomic E-state index is 0.0521. The van der Waals surface area contributed by atoms with Gasteiger partial charge in [-0.3, -0.25) is 33.2 Å². The topological polar surface area (TPSA) is 397 Å². The second-order valence-electron chi connectivity index (χ2n) is 30.6. The zero-order chi connectivity index (χ0) is 98.1. The number of nitrogens with two attached hydrogens (primary N) is 5. The van der Waals surface area contributed by atoms with Gasteiger partial charge >= 0.3 is 12.4 Å². The van der Waals surface area contributed by atoms with Crippen molar-refractivity contribution in [3.8, 4) is 61.5 Å². The molecule has 8 aromatic carbocycles. The lowest BCUT2D eigenvalue weighted by molar-refractivity contribution is -0.140. The smallest absolute Gasteiger partial charge is 0.435 e. The van der Waals surface area contributed by atoms with Gasteiger partial charge in [-0.05, 0) is 237 Å². The number of imidazole rings is 1. The Hall–Kier alpha value is -16.5. The van der Waals surface area contributed by atoms with Gasteiger partial charge in [-0.15, -0.1) is 0 Å². The fourth-order valence-electron chi connectivity index (χ4n) is 13.2. The molecule has 0 aliphatic rings. The number of pyridine rings is 7. The Kier molecular flexibility index (Phi) is 31.4. The van der Waals surface area contributed by atoms with Crippen LogP contribution in [0, 0.1) is 47.4 Å². The number of ether oxygens (including phenoxy) is 1. The molecule has 0 saturated carbocycles. The predicted octanol–water partition coefficient (Wildman–Crippen LogP) is 23.2. The SMILES string of the molecule is CC(=O)c1ccc(F)c(-c2ccc(NC(=O)c3ccc(C)cc3)nc2N)c1.COc1cnc(Cl)cc1-c1ccc(NC(=O)c2ccc(C)cc2)nc1N.Cc1ccc(C(=O)Nc2ccc(-c3c(C(F)(F)F)nc4ccccn34)c(N)n2)cc1.Cc1ccc(C(=O)Nc2ccc(-c3cc(C(F)(F)F)ccc3Cl)c(N)n2)cc1.Cc1ccc(C(=O)Nc2ccc(-c3cc(C)ccc3Cl)c(N)n2)cc1. The van der Waals surface area contributed by atoms with Gasteiger partial charge in [0.25, 0.3) is 29.5 Å². The van der Waals surface area contributed by atoms with E-state index in [9.17, 15) is 59.5 Å². The molecule has 35 heteroatoms. The molecule has 0 aliphatic carbocycles. The lowest BCUT2D eigenvalue weighted by atomic mass is 10.0. The Morgan fingerprint density at radius 2 is 0.676 bits per heavy atom. The first-order valence-electron chi connectivity index (χ1n) is 41.1. The Morgan fingerprint density at radius 3 is 1.02 bits per heavy atom. The second kappa shape index (κ2) is 43.3. The summed E-state index contributed by atoms with van der Waals surface area (Å²) in [5.74, 6) is -0.0303. The summed E-state index contributed by atoms with van der Waals surface area (Å²) in [4.78, 5) is 102. The highest BCUT2D eigenvalue weighted by Crippen LogP contribution is 2.43. The molecule has 25 nitrogen and oxygen atoms in total. The van der Waals surface area contributed by atoms with Gasteiger partial charge in [0, 0.05) is 99.7 Å². The minimum atomic E-state index is -4.67. The highest BCUT2D eigenvalue weighted by atomic mass is 35.5. The van der Waals surface area contributed by atoms with E-state index < -0.39 is 35.3 Å². The van der Waals surface area contributed by atoms with Crippen molar-refractivity contribution in [3.05, 3.63) is 372 Å². The zero-order valence-corrected chi connectivity index (χ0v) is 75.9. The monoisotopic (exact) mass is 1900 g/mol. The van der Waals surface area contributed by atoms with Gasteiger partial charge in [0.15, 0.2) is 11.5 Å². The lowest BCUT2D eigenvalue weighted by Gasteiger charge is -2.13. The molecule has 0 atom stereocenters. The fourth-order valence-corrected chi connectivity index (χ4v) is 13.8. The first-order chi connectivity index (χ1) is 64.6. The van der Waals surface area contributed by atoms with Gasteiger partial charge in [0.05, 0.1) is 24.6 Å². The molecule has 8 heterocycles. The number of ketones is 1. The van der Waals surface area contributed by atoms with Crippen molar-refractivity contribution >= 4 is 134 Å². The highest BCUT2D eigenvalue weighted by molar-refractivity contribution is 6.34. The molecule has 0 saturated heterocycles. The number of carbonyl (C=O) groups is 6. The van der Waals surface area contributed by atoms with Gasteiger partial charge in [0.2, 0.25) is 0 Å². The number of aromatic nitrogens is 8. The number of benzene rings is 8. The average Bonchev–Trinajstić information content (AvgIpc) is 1.60. The maximum atomic E-state index is 14.2. The van der Waals surface area contributed by atoms with Crippen LogP contribution in [0.3, 0.4) is 0 Å². The van der Waals surface area contributed by atoms with Gasteiger partial charge < -0.3 is 60.0 Å². The number of aryl methyl sites for hydroxylation is 6. The highest BCUT2D eigenvalue weighted by Gasteiger charge is 2.39. The van der Waals surface area contributed by atoms with Gasteiger partial charge in [-0.1, -0.05) is 141 Å². The summed E-state index contributed by atoms with van der Waals surface area (Å²) in [7, 11) is 1.54. The summed E-state index contributed by atoms with van der Waals surface area (Å²) >= 11 is 18.3. The number of anilines is 10. The van der Waals surface area contributed by atoms with Crippen molar-refractivity contribution < 1.29 is 64.2 Å². The molecule has 0 fully saturated rings. The predicted molar refractivity (Wildman–Crippen MR) is 519 cm³/mol. The van der Waals surface area contributed by atoms with Crippen LogP contribution in [0.5, 0.6) is 5.75 Å². The molecule has 0 spiro atoms. The lowest BCUT2D eigenvalue weighted by Crippen LogP contribution is -2.14. The van der Waals surface area contributed by atoms with Crippen LogP contribution < -0.4 is 60.0 Å². The van der Waals surface area contributed by atoms with Crippen molar-refractivity contribution in [2.24, 2.45) is 0 Å². The van der Waals surface area contributed by atoms with E-state index in [0.29, 0.717) is 83.4 Å². The van der Waals surface area contributed by atoms with Crippen LogP contribution in [0.2, 0.25) is 15.2 Å². The number of rotatable bonds is 17. The van der Waals surface area contributed by atoms with Crippen molar-refractivity contribution in [2.75, 3.05) is 62.4 Å². The van der Waals surface area contributed by atoms with E-state index in [1.54, 1.807) is 127 Å². The van der Waals surface area contributed by atoms with Gasteiger partial charge in [-0.2, -0.15) is 26.3 Å². The normalized spacial score (nSPS) is 10.9. The van der Waals surface area contributed by atoms with Gasteiger partial charge in [-0.25, -0.2) is 39.3 Å². The van der Waals surface area contributed by atoms with Crippen molar-refractivity contribution in [1.82, 2.24) is 39.3 Å². The number of fused-ring (bicyclic) bond motifs is 1. The van der Waals surface area contributed by atoms with Crippen LogP contribution in [0.15, 0.2) is 273 Å². The largest absolute Gasteiger partial charge is 0.494 e. The molecule has 690 valence electrons. The summed E-state index contributed by atoms with van der Waals surface area (Å²) in [6.07, 6.45) is -6.20. The van der Waals surface area contributed by atoms with Gasteiger partial charge in [0.1, 0.15) is 80.5 Å². The zero-order valence-electron chi connectivity index (χ0n) is 73.6. The van der Waals surface area contributed by atoms with Crippen molar-refractivity contribution in [1.29, 1.82) is 0 Å². The molecule has 0 unspecified atom stereocenters. The number of nitrogen functional groups attached to an aromatic ring is 5. The number of Topliss-reactive ketones (excluding diaryl/α,β-unsaturated/α-hetero) is 1. The Balaban J connectivity index is 0.000000153. The van der Waals surface area contributed by atoms with Crippen LogP contribution in [-0.4, -0.2) is 81.7 Å². The van der Waals surface area contributed by atoms with E-state index in [1.807, 2.05) is 102 Å². The third-order valence-electron chi connectivity index (χ3n) is 20.5. The Bertz CT molecular complexity index is 7180. The summed E-state index contributed by atoms with van der Waals surface area (Å²) in [6, 6.07) is 70.4. The van der Waals surface area contributed by atoms with E-state index >= 15 is 0 Å². The number of amides is 5. The van der Waals surface area contributed by atoms with E-state index in [4.69, 9.17) is 68.2 Å². The van der Waals surface area contributed by atoms with Crippen LogP contribution >= 0.6 is 34.8 Å². The maximum Gasteiger partial charge on any atom is 0.435 e. The molecule has 0 aliphatic heterocycles. The third-order valence-corrected chi connectivity index (χ3v) is 21.3. The Labute approximate surface area is 789 Å². The molecule has 15 N–H and O–H groups in total. The molecule has 16 rings (SSSR count). The fraction of sp³-hybridized carbons (Fsp3) is 0.0990. The van der Waals surface area contributed by atoms with Crippen LogP contribution in [0.1, 0.15) is 114 Å². The molecule has 0 radical (unpaired) electrons. The van der Waals surface area contributed by atoms with Crippen LogP contribution in [0.4, 0.5) is 88.9 Å². The first kappa shape index (κ1) is 98.6. The number of alkyl halides is 6. The number of carbonyl (C=O) groups excluding carboxylic acids is 6. The number of hydrogen-bond donors (Lipinski definition) is 10.